The summed E-state index contributed by atoms with van der Waals surface area (Å²) < 4.78 is 6.24. The standard InChI is InChI=1S/C58H69N5/c1-37-24-25-40-26-30-49-52-56(60(7)54(49)50(40)39(37)3)55-51-46-31-28-43(58(4,5)6)34-42(46)27-29-47(51)48-32-33-63(8,45-22-16-11-17-23-45)57(41-18-12-9-13-19-41)61(44-20-14-10-15-21-44)35-38(2)53(48)62(55)36-59-52/h9,12-13,18-19,24-31,34,36,44-45,48,53,57H,2,10-11,14-17,20-23,32-33,35H2,1,3-8H3/q+2. The number of nitrogens with zero attached hydrogens (tertiary/aromatic N) is 5. The number of aromatic nitrogens is 3. The predicted molar refractivity (Wildman–Crippen MR) is 263 cm³/mol. The molecule has 2 aromatic heterocycles. The summed E-state index contributed by atoms with van der Waals surface area (Å²) in [5.41, 5.74) is 14.7. The van der Waals surface area contributed by atoms with Crippen molar-refractivity contribution < 1.29 is 9.05 Å². The molecule has 0 spiro atoms. The maximum absolute atomic E-state index is 5.56. The molecule has 4 unspecified atom stereocenters. The van der Waals surface area contributed by atoms with Gasteiger partial charge in [0.05, 0.1) is 30.5 Å². The van der Waals surface area contributed by atoms with Crippen molar-refractivity contribution in [3.8, 4) is 11.3 Å². The predicted octanol–water partition coefficient (Wildman–Crippen LogP) is 13.6. The van der Waals surface area contributed by atoms with Crippen LogP contribution >= 0.6 is 0 Å². The van der Waals surface area contributed by atoms with Crippen molar-refractivity contribution in [3.63, 3.8) is 0 Å². The van der Waals surface area contributed by atoms with Crippen LogP contribution in [0, 0.1) is 13.8 Å². The Morgan fingerprint density at radius 2 is 1.46 bits per heavy atom. The number of aryl methyl sites for hydroxylation is 3. The van der Waals surface area contributed by atoms with Crippen LogP contribution in [0.4, 0.5) is 0 Å². The fourth-order valence-corrected chi connectivity index (χ4v) is 13.6. The normalized spacial score (nSPS) is 24.3. The van der Waals surface area contributed by atoms with Gasteiger partial charge in [-0.15, -0.1) is 0 Å². The van der Waals surface area contributed by atoms with E-state index in [1.54, 1.807) is 0 Å². The SMILES string of the molecule is C=C1CN(C2CCCCC2)C(c2ccccc2)[N+](C)(C2CCCCC2)CCC2c3ccc4cc(C(C)(C)C)ccc4c3-c3c4c(nc[n+]3C12)c1ccc2ccc(C)c(C)c2c1n4C. The number of hydrogen-bond donors (Lipinski definition) is 0. The van der Waals surface area contributed by atoms with Crippen LogP contribution in [0.3, 0.4) is 0 Å². The van der Waals surface area contributed by atoms with Gasteiger partial charge < -0.3 is 9.05 Å². The molecule has 4 atom stereocenters. The molecule has 5 nitrogen and oxygen atoms in total. The molecular weight excluding hydrogens is 767 g/mol. The minimum Gasteiger partial charge on any atom is -0.336 e. The molecule has 4 heterocycles. The topological polar surface area (TPSA) is 24.9 Å². The van der Waals surface area contributed by atoms with E-state index in [1.165, 1.54) is 147 Å². The van der Waals surface area contributed by atoms with Gasteiger partial charge in [-0.3, -0.25) is 0 Å². The Balaban J connectivity index is 1.20. The van der Waals surface area contributed by atoms with Gasteiger partial charge in [-0.1, -0.05) is 132 Å². The molecule has 2 saturated carbocycles. The Hall–Kier alpha value is -4.84. The molecule has 0 radical (unpaired) electrons. The zero-order chi connectivity index (χ0) is 43.4. The van der Waals surface area contributed by atoms with E-state index in [2.05, 4.69) is 154 Å². The van der Waals surface area contributed by atoms with Gasteiger partial charge in [0.15, 0.2) is 11.9 Å². The van der Waals surface area contributed by atoms with E-state index >= 15 is 0 Å². The Kier molecular flexibility index (Phi) is 10.0. The first-order valence-corrected chi connectivity index (χ1v) is 24.6. The van der Waals surface area contributed by atoms with Crippen LogP contribution in [0.15, 0.2) is 103 Å². The van der Waals surface area contributed by atoms with Crippen LogP contribution < -0.4 is 4.57 Å². The minimum absolute atomic E-state index is 0.0580. The minimum atomic E-state index is 0.0580. The summed E-state index contributed by atoms with van der Waals surface area (Å²) in [4.78, 5) is 8.57. The fourth-order valence-electron chi connectivity index (χ4n) is 13.6. The van der Waals surface area contributed by atoms with Crippen molar-refractivity contribution in [2.45, 2.75) is 141 Å². The third-order valence-electron chi connectivity index (χ3n) is 17.0. The Morgan fingerprint density at radius 3 is 2.21 bits per heavy atom. The summed E-state index contributed by atoms with van der Waals surface area (Å²) in [6.07, 6.45) is 16.9. The van der Waals surface area contributed by atoms with Gasteiger partial charge in [-0.05, 0) is 113 Å². The highest BCUT2D eigenvalue weighted by Crippen LogP contribution is 2.52. The summed E-state index contributed by atoms with van der Waals surface area (Å²) in [7, 11) is 4.99. The molecule has 0 amide bonds. The van der Waals surface area contributed by atoms with E-state index in [4.69, 9.17) is 11.6 Å². The van der Waals surface area contributed by atoms with Crippen molar-refractivity contribution in [1.82, 2.24) is 14.5 Å². The molecule has 5 aromatic carbocycles. The van der Waals surface area contributed by atoms with Crippen LogP contribution in [0.2, 0.25) is 0 Å². The first kappa shape index (κ1) is 40.9. The van der Waals surface area contributed by atoms with E-state index in [9.17, 15) is 0 Å². The maximum atomic E-state index is 5.56. The van der Waals surface area contributed by atoms with Gasteiger partial charge in [0, 0.05) is 48.5 Å². The second-order valence-electron chi connectivity index (χ2n) is 21.6. The van der Waals surface area contributed by atoms with Gasteiger partial charge in [-0.2, -0.15) is 0 Å². The van der Waals surface area contributed by atoms with Crippen LogP contribution in [-0.4, -0.2) is 51.2 Å². The number of rotatable bonds is 3. The molecule has 7 aromatic rings. The van der Waals surface area contributed by atoms with Gasteiger partial charge in [0.1, 0.15) is 11.6 Å². The van der Waals surface area contributed by atoms with Crippen molar-refractivity contribution >= 4 is 43.5 Å². The lowest BCUT2D eigenvalue weighted by Crippen LogP contribution is -2.62. The number of quaternary nitrogens is 1. The van der Waals surface area contributed by atoms with Crippen LogP contribution in [-0.2, 0) is 12.5 Å². The molecule has 11 rings (SSSR count). The zero-order valence-electron chi connectivity index (χ0n) is 39.2. The molecule has 0 bridgehead atoms. The fraction of sp³-hybridized carbons (Fsp3) is 0.448. The third-order valence-corrected chi connectivity index (χ3v) is 17.0. The van der Waals surface area contributed by atoms with Crippen LogP contribution in [0.5, 0.6) is 0 Å². The number of fused-ring (bicyclic) bond motifs is 14. The summed E-state index contributed by atoms with van der Waals surface area (Å²) >= 11 is 0. The maximum Gasteiger partial charge on any atom is 0.288 e. The van der Waals surface area contributed by atoms with Crippen molar-refractivity contribution in [2.24, 2.45) is 7.05 Å². The van der Waals surface area contributed by atoms with Crippen molar-refractivity contribution in [2.75, 3.05) is 20.1 Å². The lowest BCUT2D eigenvalue weighted by atomic mass is 9.76. The lowest BCUT2D eigenvalue weighted by Gasteiger charge is -2.53. The molecular formula is C58H69N5+2. The van der Waals surface area contributed by atoms with E-state index in [-0.39, 0.29) is 23.5 Å². The van der Waals surface area contributed by atoms with Crippen LogP contribution in [0.1, 0.15) is 137 Å². The van der Waals surface area contributed by atoms with Crippen molar-refractivity contribution in [3.05, 3.63) is 131 Å². The molecule has 2 aliphatic heterocycles. The van der Waals surface area contributed by atoms with Gasteiger partial charge in [0.25, 0.3) is 6.33 Å². The molecule has 324 valence electrons. The highest BCUT2D eigenvalue weighted by atomic mass is 15.5. The third kappa shape index (κ3) is 6.45. The van der Waals surface area contributed by atoms with E-state index in [0.29, 0.717) is 12.1 Å². The molecule has 0 N–H and O–H groups in total. The van der Waals surface area contributed by atoms with E-state index in [1.807, 2.05) is 0 Å². The summed E-state index contributed by atoms with van der Waals surface area (Å²) in [6.45, 7) is 18.8. The smallest absolute Gasteiger partial charge is 0.288 e. The largest absolute Gasteiger partial charge is 0.336 e. The lowest BCUT2D eigenvalue weighted by molar-refractivity contribution is -0.975. The highest BCUT2D eigenvalue weighted by molar-refractivity contribution is 6.19. The molecule has 63 heavy (non-hydrogen) atoms. The molecule has 3 fully saturated rings. The average molecular weight is 836 g/mol. The average Bonchev–Trinajstić information content (AvgIpc) is 3.61. The second-order valence-corrected chi connectivity index (χ2v) is 21.6. The van der Waals surface area contributed by atoms with Gasteiger partial charge in [0.2, 0.25) is 5.52 Å². The molecule has 5 heteroatoms. The molecule has 4 aliphatic rings. The van der Waals surface area contributed by atoms with E-state index in [0.717, 1.165) is 29.5 Å². The van der Waals surface area contributed by atoms with E-state index < -0.39 is 0 Å². The van der Waals surface area contributed by atoms with Gasteiger partial charge in [-0.25, -0.2) is 9.47 Å². The van der Waals surface area contributed by atoms with Gasteiger partial charge >= 0.3 is 0 Å². The summed E-state index contributed by atoms with van der Waals surface area (Å²) in [5, 5.41) is 6.54. The van der Waals surface area contributed by atoms with Crippen molar-refractivity contribution in [1.29, 1.82) is 0 Å². The number of benzene rings is 5. The highest BCUT2D eigenvalue weighted by Gasteiger charge is 2.51. The Bertz CT molecular complexity index is 2920. The first-order chi connectivity index (χ1) is 30.4. The quantitative estimate of drug-likeness (QED) is 0.101. The second kappa shape index (κ2) is 15.4. The first-order valence-electron chi connectivity index (χ1n) is 24.6. The molecule has 2 aliphatic carbocycles. The zero-order valence-corrected chi connectivity index (χ0v) is 39.2. The Labute approximate surface area is 376 Å². The monoisotopic (exact) mass is 836 g/mol. The Morgan fingerprint density at radius 1 is 0.762 bits per heavy atom. The summed E-state index contributed by atoms with van der Waals surface area (Å²) in [6, 6.07) is 34.5. The number of hydrogen-bond acceptors (Lipinski definition) is 2. The van der Waals surface area contributed by atoms with Crippen LogP contribution in [0.25, 0.3) is 54.7 Å². The summed E-state index contributed by atoms with van der Waals surface area (Å²) in [5.74, 6) is 0.264. The molecule has 1 saturated heterocycles.